The van der Waals surface area contributed by atoms with E-state index in [9.17, 15) is 4.79 Å². The molecule has 1 N–H and O–H groups in total. The van der Waals surface area contributed by atoms with Gasteiger partial charge in [0, 0.05) is 18.1 Å². The molecule has 5 heteroatoms. The predicted molar refractivity (Wildman–Crippen MR) is 95.1 cm³/mol. The van der Waals surface area contributed by atoms with Gasteiger partial charge in [0.05, 0.1) is 6.04 Å². The molecule has 0 saturated carbocycles. The molecule has 2 aromatic rings. The van der Waals surface area contributed by atoms with Crippen LogP contribution in [0.5, 0.6) is 5.75 Å². The molecule has 1 fully saturated rings. The molecule has 1 aliphatic rings. The molecule has 126 valence electrons. The molecule has 0 radical (unpaired) electrons. The van der Waals surface area contributed by atoms with Gasteiger partial charge in [0.1, 0.15) is 12.4 Å². The number of rotatable bonds is 6. The molecule has 3 rings (SSSR count). The molecule has 0 bridgehead atoms. The third-order valence-corrected chi connectivity index (χ3v) is 4.44. The van der Waals surface area contributed by atoms with Crippen LogP contribution in [0.15, 0.2) is 48.5 Å². The topological polar surface area (TPSA) is 41.6 Å². The van der Waals surface area contributed by atoms with Crippen molar-refractivity contribution in [3.63, 3.8) is 0 Å². The summed E-state index contributed by atoms with van der Waals surface area (Å²) >= 11 is 5.97. The second-order valence-electron chi connectivity index (χ2n) is 6.07. The van der Waals surface area contributed by atoms with E-state index in [4.69, 9.17) is 16.3 Å². The zero-order chi connectivity index (χ0) is 16.9. The van der Waals surface area contributed by atoms with Crippen LogP contribution in [0, 0.1) is 0 Å². The van der Waals surface area contributed by atoms with E-state index in [2.05, 4.69) is 10.2 Å². The van der Waals surface area contributed by atoms with E-state index in [0.717, 1.165) is 36.4 Å². The second kappa shape index (κ2) is 7.69. The fraction of sp³-hybridized carbons (Fsp3) is 0.316. The summed E-state index contributed by atoms with van der Waals surface area (Å²) in [5, 5.41) is 3.58. The summed E-state index contributed by atoms with van der Waals surface area (Å²) in [6.07, 6.45) is 0.871. The number of nitrogens with one attached hydrogen (secondary N) is 1. The maximum absolute atomic E-state index is 11.7. The minimum Gasteiger partial charge on any atom is -0.489 e. The molecule has 1 aliphatic heterocycles. The maximum Gasteiger partial charge on any atom is 0.237 e. The maximum atomic E-state index is 11.7. The van der Waals surface area contributed by atoms with E-state index in [1.807, 2.05) is 55.6 Å². The minimum atomic E-state index is -0.0243. The second-order valence-corrected chi connectivity index (χ2v) is 6.51. The lowest BCUT2D eigenvalue weighted by atomic mass is 10.1. The van der Waals surface area contributed by atoms with Crippen LogP contribution in [0.2, 0.25) is 5.02 Å². The molecule has 1 amide bonds. The van der Waals surface area contributed by atoms with Crippen LogP contribution in [0.1, 0.15) is 17.5 Å². The number of hydrogen-bond donors (Lipinski definition) is 1. The normalized spacial score (nSPS) is 17.1. The molecule has 0 aliphatic carbocycles. The van der Waals surface area contributed by atoms with Crippen molar-refractivity contribution in [3.05, 3.63) is 64.7 Å². The molecule has 1 atom stereocenters. The van der Waals surface area contributed by atoms with Gasteiger partial charge in [-0.3, -0.25) is 9.69 Å². The average Bonchev–Trinajstić information content (AvgIpc) is 3.00. The quantitative estimate of drug-likeness (QED) is 0.874. The number of amides is 1. The molecule has 24 heavy (non-hydrogen) atoms. The van der Waals surface area contributed by atoms with E-state index in [1.165, 1.54) is 0 Å². The molecule has 1 saturated heterocycles. The van der Waals surface area contributed by atoms with Crippen molar-refractivity contribution in [1.82, 2.24) is 10.2 Å². The molecular weight excluding hydrogens is 324 g/mol. The Morgan fingerprint density at radius 1 is 1.21 bits per heavy atom. The fourth-order valence-corrected chi connectivity index (χ4v) is 3.10. The summed E-state index contributed by atoms with van der Waals surface area (Å²) in [6, 6.07) is 15.6. The Bertz CT molecular complexity index is 703. The summed E-state index contributed by atoms with van der Waals surface area (Å²) in [5.41, 5.74) is 2.20. The van der Waals surface area contributed by atoms with Crippen LogP contribution in [-0.4, -0.2) is 30.4 Å². The Balaban J connectivity index is 1.54. The first-order valence-electron chi connectivity index (χ1n) is 8.06. The number of carbonyl (C=O) groups excluding carboxylic acids is 1. The van der Waals surface area contributed by atoms with Gasteiger partial charge >= 0.3 is 0 Å². The van der Waals surface area contributed by atoms with Gasteiger partial charge in [-0.1, -0.05) is 35.9 Å². The van der Waals surface area contributed by atoms with Crippen molar-refractivity contribution in [2.24, 2.45) is 0 Å². The van der Waals surface area contributed by atoms with Gasteiger partial charge in [0.15, 0.2) is 0 Å². The van der Waals surface area contributed by atoms with Crippen molar-refractivity contribution < 1.29 is 9.53 Å². The first-order chi connectivity index (χ1) is 11.6. The Morgan fingerprint density at radius 2 is 2.00 bits per heavy atom. The third-order valence-electron chi connectivity index (χ3n) is 4.20. The van der Waals surface area contributed by atoms with Crippen LogP contribution < -0.4 is 10.1 Å². The highest BCUT2D eigenvalue weighted by Gasteiger charge is 2.27. The lowest BCUT2D eigenvalue weighted by Gasteiger charge is -2.22. The fourth-order valence-electron chi connectivity index (χ4n) is 2.88. The predicted octanol–water partition coefficient (Wildman–Crippen LogP) is 3.24. The van der Waals surface area contributed by atoms with Crippen molar-refractivity contribution in [2.75, 3.05) is 13.6 Å². The standard InChI is InChI=1S/C19H21ClN2O2/c1-22(18-9-10-21-19(18)23)12-14-5-7-17(8-6-14)24-13-15-3-2-4-16(20)11-15/h2-8,11,18H,9-10,12-13H2,1H3,(H,21,23). The number of likely N-dealkylation sites (N-methyl/N-ethyl adjacent to an activating group) is 1. The number of benzene rings is 2. The zero-order valence-corrected chi connectivity index (χ0v) is 14.4. The van der Waals surface area contributed by atoms with Gasteiger partial charge < -0.3 is 10.1 Å². The Hall–Kier alpha value is -2.04. The van der Waals surface area contributed by atoms with Crippen LogP contribution in [0.3, 0.4) is 0 Å². The van der Waals surface area contributed by atoms with E-state index in [0.29, 0.717) is 11.6 Å². The number of nitrogens with zero attached hydrogens (tertiary/aromatic N) is 1. The molecule has 2 aromatic carbocycles. The molecule has 1 unspecified atom stereocenters. The van der Waals surface area contributed by atoms with Crippen molar-refractivity contribution in [1.29, 1.82) is 0 Å². The highest BCUT2D eigenvalue weighted by Crippen LogP contribution is 2.18. The summed E-state index contributed by atoms with van der Waals surface area (Å²) in [6.45, 7) is 2.00. The van der Waals surface area contributed by atoms with Crippen LogP contribution in [-0.2, 0) is 17.9 Å². The summed E-state index contributed by atoms with van der Waals surface area (Å²) in [4.78, 5) is 13.8. The largest absolute Gasteiger partial charge is 0.489 e. The number of halogens is 1. The summed E-state index contributed by atoms with van der Waals surface area (Å²) < 4.78 is 5.79. The number of hydrogen-bond acceptors (Lipinski definition) is 3. The first kappa shape index (κ1) is 16.8. The van der Waals surface area contributed by atoms with E-state index >= 15 is 0 Å². The molecule has 1 heterocycles. The minimum absolute atomic E-state index is 0.0243. The van der Waals surface area contributed by atoms with Crippen LogP contribution in [0.4, 0.5) is 0 Å². The number of carbonyl (C=O) groups is 1. The van der Waals surface area contributed by atoms with Crippen LogP contribution in [0.25, 0.3) is 0 Å². The summed E-state index contributed by atoms with van der Waals surface area (Å²) in [5.74, 6) is 0.943. The Morgan fingerprint density at radius 3 is 2.67 bits per heavy atom. The zero-order valence-electron chi connectivity index (χ0n) is 13.7. The Kier molecular flexibility index (Phi) is 5.38. The highest BCUT2D eigenvalue weighted by atomic mass is 35.5. The molecule has 4 nitrogen and oxygen atoms in total. The monoisotopic (exact) mass is 344 g/mol. The van der Waals surface area contributed by atoms with Gasteiger partial charge in [0.25, 0.3) is 0 Å². The Labute approximate surface area is 147 Å². The van der Waals surface area contributed by atoms with E-state index in [1.54, 1.807) is 0 Å². The van der Waals surface area contributed by atoms with Gasteiger partial charge in [-0.05, 0) is 48.9 Å². The van der Waals surface area contributed by atoms with Gasteiger partial charge in [-0.2, -0.15) is 0 Å². The summed E-state index contributed by atoms with van der Waals surface area (Å²) in [7, 11) is 1.99. The van der Waals surface area contributed by atoms with Crippen molar-refractivity contribution in [3.8, 4) is 5.75 Å². The molecule has 0 spiro atoms. The van der Waals surface area contributed by atoms with Gasteiger partial charge in [-0.25, -0.2) is 0 Å². The smallest absolute Gasteiger partial charge is 0.237 e. The lowest BCUT2D eigenvalue weighted by molar-refractivity contribution is -0.123. The van der Waals surface area contributed by atoms with Crippen molar-refractivity contribution >= 4 is 17.5 Å². The van der Waals surface area contributed by atoms with E-state index < -0.39 is 0 Å². The lowest BCUT2D eigenvalue weighted by Crippen LogP contribution is -2.37. The average molecular weight is 345 g/mol. The third kappa shape index (κ3) is 4.28. The van der Waals surface area contributed by atoms with E-state index in [-0.39, 0.29) is 11.9 Å². The van der Waals surface area contributed by atoms with Gasteiger partial charge in [0.2, 0.25) is 5.91 Å². The van der Waals surface area contributed by atoms with Gasteiger partial charge in [-0.15, -0.1) is 0 Å². The van der Waals surface area contributed by atoms with Crippen molar-refractivity contribution in [2.45, 2.75) is 25.6 Å². The molecular formula is C19H21ClN2O2. The highest BCUT2D eigenvalue weighted by molar-refractivity contribution is 6.30. The SMILES string of the molecule is CN(Cc1ccc(OCc2cccc(Cl)c2)cc1)C1CCNC1=O. The molecule has 0 aromatic heterocycles. The van der Waals surface area contributed by atoms with Crippen LogP contribution >= 0.6 is 11.6 Å². The number of ether oxygens (including phenoxy) is 1. The first-order valence-corrected chi connectivity index (χ1v) is 8.44.